The van der Waals surface area contributed by atoms with Crippen LogP contribution in [0.15, 0.2) is 18.3 Å². The number of alkyl halides is 1. The summed E-state index contributed by atoms with van der Waals surface area (Å²) in [4.78, 5) is 4.39. The van der Waals surface area contributed by atoms with Crippen LogP contribution in [0.2, 0.25) is 0 Å². The van der Waals surface area contributed by atoms with Gasteiger partial charge in [-0.2, -0.15) is 0 Å². The second kappa shape index (κ2) is 4.21. The van der Waals surface area contributed by atoms with Crippen LogP contribution < -0.4 is 0 Å². The fourth-order valence-electron chi connectivity index (χ4n) is 0.994. The summed E-state index contributed by atoms with van der Waals surface area (Å²) in [5, 5.41) is 0. The Morgan fingerprint density at radius 2 is 1.92 bits per heavy atom. The summed E-state index contributed by atoms with van der Waals surface area (Å²) < 4.78 is 0.504. The van der Waals surface area contributed by atoms with Crippen molar-refractivity contribution in [2.75, 3.05) is 0 Å². The molecular formula is C10H14IN. The van der Waals surface area contributed by atoms with Crippen LogP contribution in [0.25, 0.3) is 0 Å². The Kier molecular flexibility index (Phi) is 3.50. The molecule has 12 heavy (non-hydrogen) atoms. The number of pyridine rings is 1. The quantitative estimate of drug-likeness (QED) is 0.592. The Hall–Kier alpha value is -0.120. The number of halogens is 1. The maximum atomic E-state index is 4.39. The molecule has 0 saturated carbocycles. The molecule has 1 nitrogen and oxygen atoms in total. The Balaban J connectivity index is 2.86. The monoisotopic (exact) mass is 275 g/mol. The molecule has 1 heterocycles. The van der Waals surface area contributed by atoms with Crippen molar-refractivity contribution >= 4 is 22.6 Å². The Morgan fingerprint density at radius 1 is 1.25 bits per heavy atom. The zero-order valence-corrected chi connectivity index (χ0v) is 9.87. The lowest BCUT2D eigenvalue weighted by Crippen LogP contribution is -1.93. The van der Waals surface area contributed by atoms with Gasteiger partial charge in [-0.05, 0) is 24.5 Å². The molecule has 2 heteroatoms. The van der Waals surface area contributed by atoms with Gasteiger partial charge in [-0.15, -0.1) is 0 Å². The van der Waals surface area contributed by atoms with Crippen molar-refractivity contribution in [1.82, 2.24) is 4.98 Å². The summed E-state index contributed by atoms with van der Waals surface area (Å²) >= 11 is 2.37. The van der Waals surface area contributed by atoms with Gasteiger partial charge in [0.1, 0.15) is 0 Å². The summed E-state index contributed by atoms with van der Waals surface area (Å²) in [5.74, 6) is 0.580. The first-order chi connectivity index (χ1) is 5.61. The van der Waals surface area contributed by atoms with E-state index in [2.05, 4.69) is 60.5 Å². The number of aromatic nitrogens is 1. The Morgan fingerprint density at radius 3 is 2.25 bits per heavy atom. The van der Waals surface area contributed by atoms with Gasteiger partial charge in [0.05, 0.1) is 9.62 Å². The summed E-state index contributed by atoms with van der Waals surface area (Å²) in [6.45, 7) is 6.52. The predicted molar refractivity (Wildman–Crippen MR) is 60.8 cm³/mol. The molecule has 0 unspecified atom stereocenters. The van der Waals surface area contributed by atoms with Gasteiger partial charge in [0.25, 0.3) is 0 Å². The van der Waals surface area contributed by atoms with Crippen LogP contribution in [-0.4, -0.2) is 4.98 Å². The molecule has 0 saturated heterocycles. The Labute approximate surface area is 87.7 Å². The minimum Gasteiger partial charge on any atom is -0.260 e. The normalized spacial score (nSPS) is 13.4. The van der Waals surface area contributed by atoms with E-state index in [1.54, 1.807) is 0 Å². The van der Waals surface area contributed by atoms with Crippen LogP contribution in [-0.2, 0) is 0 Å². The second-order valence-electron chi connectivity index (χ2n) is 3.29. The van der Waals surface area contributed by atoms with Gasteiger partial charge in [0.15, 0.2) is 0 Å². The third-order valence-electron chi connectivity index (χ3n) is 1.88. The molecule has 0 fully saturated rings. The molecule has 0 aliphatic carbocycles. The highest BCUT2D eigenvalue weighted by Gasteiger charge is 2.03. The lowest BCUT2D eigenvalue weighted by molar-refractivity contribution is 0.851. The molecule has 1 rings (SSSR count). The average molecular weight is 275 g/mol. The lowest BCUT2D eigenvalue weighted by atomic mass is 10.1. The van der Waals surface area contributed by atoms with Gasteiger partial charge in [-0.3, -0.25) is 4.98 Å². The van der Waals surface area contributed by atoms with Crippen molar-refractivity contribution in [3.8, 4) is 0 Å². The number of hydrogen-bond donors (Lipinski definition) is 0. The maximum absolute atomic E-state index is 4.39. The van der Waals surface area contributed by atoms with Crippen LogP contribution in [0.3, 0.4) is 0 Å². The van der Waals surface area contributed by atoms with Gasteiger partial charge in [-0.25, -0.2) is 0 Å². The minimum atomic E-state index is 0.504. The highest BCUT2D eigenvalue weighted by Crippen LogP contribution is 2.21. The molecule has 0 aromatic carbocycles. The molecule has 0 N–H and O–H groups in total. The van der Waals surface area contributed by atoms with Crippen LogP contribution in [0.4, 0.5) is 0 Å². The maximum Gasteiger partial charge on any atom is 0.0529 e. The summed E-state index contributed by atoms with van der Waals surface area (Å²) in [6, 6.07) is 4.29. The van der Waals surface area contributed by atoms with Gasteiger partial charge < -0.3 is 0 Å². The predicted octanol–water partition coefficient (Wildman–Crippen LogP) is 3.70. The molecule has 0 spiro atoms. The van der Waals surface area contributed by atoms with Crippen LogP contribution in [0.1, 0.15) is 41.9 Å². The molecule has 0 bridgehead atoms. The van der Waals surface area contributed by atoms with E-state index < -0.39 is 0 Å². The zero-order chi connectivity index (χ0) is 9.14. The third-order valence-corrected chi connectivity index (χ3v) is 2.52. The number of nitrogens with zero attached hydrogens (tertiary/aromatic N) is 1. The van der Waals surface area contributed by atoms with Crippen molar-refractivity contribution < 1.29 is 0 Å². The fraction of sp³-hybridized carbons (Fsp3) is 0.500. The van der Waals surface area contributed by atoms with Gasteiger partial charge in [0, 0.05) is 6.20 Å². The van der Waals surface area contributed by atoms with E-state index in [1.807, 2.05) is 6.20 Å². The van der Waals surface area contributed by atoms with Crippen molar-refractivity contribution in [3.05, 3.63) is 29.6 Å². The Bertz CT molecular complexity index is 212. The van der Waals surface area contributed by atoms with Crippen molar-refractivity contribution in [3.63, 3.8) is 0 Å². The molecule has 0 aliphatic heterocycles. The summed E-state index contributed by atoms with van der Waals surface area (Å²) in [5.41, 5.74) is 2.48. The molecule has 1 aromatic rings. The fourth-order valence-corrected chi connectivity index (χ4v) is 1.36. The SMILES string of the molecule is CC(C)c1ccc([C@H](C)I)nc1. The smallest absolute Gasteiger partial charge is 0.0529 e. The van der Waals surface area contributed by atoms with E-state index in [9.17, 15) is 0 Å². The van der Waals surface area contributed by atoms with E-state index in [0.717, 1.165) is 0 Å². The van der Waals surface area contributed by atoms with E-state index >= 15 is 0 Å². The van der Waals surface area contributed by atoms with E-state index in [-0.39, 0.29) is 0 Å². The molecule has 66 valence electrons. The summed E-state index contributed by atoms with van der Waals surface area (Å²) in [7, 11) is 0. The highest BCUT2D eigenvalue weighted by molar-refractivity contribution is 14.1. The van der Waals surface area contributed by atoms with E-state index in [4.69, 9.17) is 0 Å². The summed E-state index contributed by atoms with van der Waals surface area (Å²) in [6.07, 6.45) is 1.98. The molecule has 0 aliphatic rings. The molecule has 1 aromatic heterocycles. The first-order valence-electron chi connectivity index (χ1n) is 4.21. The van der Waals surface area contributed by atoms with Crippen LogP contribution in [0, 0.1) is 0 Å². The van der Waals surface area contributed by atoms with Crippen molar-refractivity contribution in [2.45, 2.75) is 30.6 Å². The number of rotatable bonds is 2. The standard InChI is InChI=1S/C10H14IN/c1-7(2)9-4-5-10(8(3)11)12-6-9/h4-8H,1-3H3/t8-/m0/s1. The van der Waals surface area contributed by atoms with Crippen LogP contribution in [0.5, 0.6) is 0 Å². The first-order valence-corrected chi connectivity index (χ1v) is 5.45. The van der Waals surface area contributed by atoms with Gasteiger partial charge in [0.2, 0.25) is 0 Å². The average Bonchev–Trinajstić information content (AvgIpc) is 2.04. The van der Waals surface area contributed by atoms with E-state index in [0.29, 0.717) is 9.84 Å². The molecule has 0 amide bonds. The third kappa shape index (κ3) is 2.44. The van der Waals surface area contributed by atoms with Crippen molar-refractivity contribution in [2.24, 2.45) is 0 Å². The van der Waals surface area contributed by atoms with E-state index in [1.165, 1.54) is 11.3 Å². The zero-order valence-electron chi connectivity index (χ0n) is 7.71. The topological polar surface area (TPSA) is 12.9 Å². The largest absolute Gasteiger partial charge is 0.260 e. The highest BCUT2D eigenvalue weighted by atomic mass is 127. The first kappa shape index (κ1) is 9.96. The molecular weight excluding hydrogens is 261 g/mol. The molecule has 1 atom stereocenters. The van der Waals surface area contributed by atoms with Crippen LogP contribution >= 0.6 is 22.6 Å². The minimum absolute atomic E-state index is 0.504. The second-order valence-corrected chi connectivity index (χ2v) is 5.16. The molecule has 0 radical (unpaired) electrons. The lowest BCUT2D eigenvalue weighted by Gasteiger charge is -2.06. The van der Waals surface area contributed by atoms with Crippen molar-refractivity contribution in [1.29, 1.82) is 0 Å². The van der Waals surface area contributed by atoms with Gasteiger partial charge in [-0.1, -0.05) is 42.5 Å². The number of hydrogen-bond acceptors (Lipinski definition) is 1. The van der Waals surface area contributed by atoms with Gasteiger partial charge >= 0.3 is 0 Å².